The Morgan fingerprint density at radius 1 is 1.07 bits per heavy atom. The Hall–Kier alpha value is -2.77. The predicted octanol–water partition coefficient (Wildman–Crippen LogP) is 3.61. The van der Waals surface area contributed by atoms with Gasteiger partial charge in [0.05, 0.1) is 6.54 Å². The van der Waals surface area contributed by atoms with Crippen molar-refractivity contribution >= 4 is 41.5 Å². The van der Waals surface area contributed by atoms with Crippen LogP contribution in [0.25, 0.3) is 12.2 Å². The lowest BCUT2D eigenvalue weighted by atomic mass is 10.2. The Morgan fingerprint density at radius 3 is 2.77 bits per heavy atom. The molecule has 0 unspecified atom stereocenters. The monoisotopic (exact) mass is 423 g/mol. The number of halogens is 1. The van der Waals surface area contributed by atoms with E-state index >= 15 is 0 Å². The number of anilines is 2. The topological polar surface area (TPSA) is 69.5 Å². The van der Waals surface area contributed by atoms with Crippen LogP contribution in [0.3, 0.4) is 0 Å². The van der Waals surface area contributed by atoms with Gasteiger partial charge >= 0.3 is 0 Å². The highest BCUT2D eigenvalue weighted by Crippen LogP contribution is 2.17. The average molecular weight is 424 g/mol. The summed E-state index contributed by atoms with van der Waals surface area (Å²) in [7, 11) is 2.15. The normalized spacial score (nSPS) is 17.8. The fraction of sp³-hybridized carbons (Fsp3) is 0.364. The van der Waals surface area contributed by atoms with Crippen LogP contribution >= 0.6 is 11.6 Å². The van der Waals surface area contributed by atoms with Crippen LogP contribution in [0, 0.1) is 0 Å². The number of hydrogen-bond donors (Lipinski definition) is 1. The van der Waals surface area contributed by atoms with Crippen molar-refractivity contribution in [2.24, 2.45) is 4.99 Å². The molecule has 0 amide bonds. The van der Waals surface area contributed by atoms with Crippen LogP contribution in [0.2, 0.25) is 5.02 Å². The maximum absolute atomic E-state index is 6.10. The van der Waals surface area contributed by atoms with Gasteiger partial charge in [0.2, 0.25) is 11.9 Å². The minimum Gasteiger partial charge on any atom is -0.339 e. The van der Waals surface area contributed by atoms with Gasteiger partial charge in [-0.2, -0.15) is 15.0 Å². The molecular weight excluding hydrogens is 398 g/mol. The van der Waals surface area contributed by atoms with E-state index in [1.807, 2.05) is 42.5 Å². The van der Waals surface area contributed by atoms with E-state index in [4.69, 9.17) is 21.6 Å². The molecule has 2 aliphatic heterocycles. The first-order valence-corrected chi connectivity index (χ1v) is 10.5. The Balaban J connectivity index is 1.63. The Bertz CT molecular complexity index is 999. The van der Waals surface area contributed by atoms with Crippen molar-refractivity contribution in [1.29, 1.82) is 0 Å². The first kappa shape index (κ1) is 20.5. The first-order chi connectivity index (χ1) is 14.5. The third-order valence-electron chi connectivity index (χ3n) is 5.04. The van der Waals surface area contributed by atoms with E-state index in [0.717, 1.165) is 44.0 Å². The number of nitrogens with one attached hydrogen (secondary N) is 1. The summed E-state index contributed by atoms with van der Waals surface area (Å²) in [6.45, 7) is 6.64. The molecule has 0 atom stereocenters. The van der Waals surface area contributed by atoms with E-state index in [1.165, 1.54) is 5.57 Å². The zero-order valence-electron chi connectivity index (χ0n) is 17.3. The van der Waals surface area contributed by atoms with Crippen LogP contribution in [-0.2, 0) is 0 Å². The maximum atomic E-state index is 6.10. The molecule has 4 rings (SSSR count). The molecule has 0 aliphatic carbocycles. The summed E-state index contributed by atoms with van der Waals surface area (Å²) in [5, 5.41) is 3.94. The molecule has 30 heavy (non-hydrogen) atoms. The van der Waals surface area contributed by atoms with Crippen molar-refractivity contribution in [1.82, 2.24) is 19.9 Å². The third kappa shape index (κ3) is 5.43. The fourth-order valence-corrected chi connectivity index (χ4v) is 3.60. The molecule has 1 aromatic carbocycles. The number of rotatable bonds is 4. The molecule has 0 saturated carbocycles. The fourth-order valence-electron chi connectivity index (χ4n) is 3.40. The number of aliphatic imine (C=N–C) groups is 1. The molecule has 3 heterocycles. The van der Waals surface area contributed by atoms with Gasteiger partial charge in [0.25, 0.3) is 0 Å². The summed E-state index contributed by atoms with van der Waals surface area (Å²) in [5.74, 6) is 2.57. The highest BCUT2D eigenvalue weighted by Gasteiger charge is 2.17. The molecule has 1 aromatic heterocycles. The summed E-state index contributed by atoms with van der Waals surface area (Å²) < 4.78 is 0. The quantitative estimate of drug-likeness (QED) is 0.810. The molecule has 7 nitrogen and oxygen atoms in total. The van der Waals surface area contributed by atoms with Crippen molar-refractivity contribution in [3.63, 3.8) is 0 Å². The van der Waals surface area contributed by atoms with E-state index in [-0.39, 0.29) is 0 Å². The number of hydrogen-bond acceptors (Lipinski definition) is 7. The van der Waals surface area contributed by atoms with Crippen LogP contribution in [0.5, 0.6) is 0 Å². The molecule has 0 spiro atoms. The van der Waals surface area contributed by atoms with Crippen molar-refractivity contribution in [3.05, 3.63) is 52.3 Å². The van der Waals surface area contributed by atoms with Crippen molar-refractivity contribution in [2.45, 2.75) is 13.3 Å². The van der Waals surface area contributed by atoms with Gasteiger partial charge < -0.3 is 15.1 Å². The largest absolute Gasteiger partial charge is 0.339 e. The van der Waals surface area contributed by atoms with E-state index in [2.05, 4.69) is 39.1 Å². The highest BCUT2D eigenvalue weighted by molar-refractivity contribution is 6.30. The number of benzene rings is 1. The molecule has 8 heteroatoms. The van der Waals surface area contributed by atoms with Crippen LogP contribution in [0.4, 0.5) is 11.9 Å². The average Bonchev–Trinajstić information content (AvgIpc) is 3.00. The SMILES string of the molecule is CC1=CC(Nc2nc(/C=C/c3cccc(Cl)c3)nc(N3CCCN(C)CC3)n2)=NC1. The van der Waals surface area contributed by atoms with Gasteiger partial charge in [-0.3, -0.25) is 4.99 Å². The number of nitrogens with zero attached hydrogens (tertiary/aromatic N) is 6. The maximum Gasteiger partial charge on any atom is 0.233 e. The molecule has 1 N–H and O–H groups in total. The van der Waals surface area contributed by atoms with E-state index in [1.54, 1.807) is 0 Å². The summed E-state index contributed by atoms with van der Waals surface area (Å²) in [5.41, 5.74) is 2.21. The molecule has 2 aromatic rings. The third-order valence-corrected chi connectivity index (χ3v) is 5.27. The summed E-state index contributed by atoms with van der Waals surface area (Å²) in [4.78, 5) is 23.0. The molecule has 156 valence electrons. The molecule has 2 aliphatic rings. The lowest BCUT2D eigenvalue weighted by molar-refractivity contribution is 0.360. The zero-order valence-corrected chi connectivity index (χ0v) is 18.1. The van der Waals surface area contributed by atoms with Gasteiger partial charge in [-0.15, -0.1) is 0 Å². The standard InChI is InChI=1S/C22H26ClN7/c1-16-13-20(24-15-16)26-21-25-19(8-7-17-5-3-6-18(23)14-17)27-22(28-21)30-10-4-9-29(2)11-12-30/h3,5-8,13-14H,4,9-12,15H2,1-2H3,(H,24,25,26,27,28)/b8-7+. The lowest BCUT2D eigenvalue weighted by Gasteiger charge is -2.21. The van der Waals surface area contributed by atoms with E-state index in [0.29, 0.717) is 29.3 Å². The number of likely N-dealkylation sites (N-methyl/N-ethyl adjacent to an activating group) is 1. The van der Waals surface area contributed by atoms with Gasteiger partial charge in [0, 0.05) is 24.7 Å². The number of aromatic nitrogens is 3. The Morgan fingerprint density at radius 2 is 1.97 bits per heavy atom. The zero-order chi connectivity index (χ0) is 20.9. The van der Waals surface area contributed by atoms with Gasteiger partial charge in [0.1, 0.15) is 5.84 Å². The molecular formula is C22H26ClN7. The van der Waals surface area contributed by atoms with Crippen molar-refractivity contribution in [3.8, 4) is 0 Å². The highest BCUT2D eigenvalue weighted by atomic mass is 35.5. The minimum absolute atomic E-state index is 0.507. The van der Waals surface area contributed by atoms with Gasteiger partial charge in [-0.1, -0.05) is 29.8 Å². The summed E-state index contributed by atoms with van der Waals surface area (Å²) in [6.07, 6.45) is 6.95. The molecule has 1 saturated heterocycles. The number of amidine groups is 1. The van der Waals surface area contributed by atoms with Gasteiger partial charge in [-0.25, -0.2) is 0 Å². The molecule has 0 radical (unpaired) electrons. The predicted molar refractivity (Wildman–Crippen MR) is 124 cm³/mol. The Kier molecular flexibility index (Phi) is 6.40. The van der Waals surface area contributed by atoms with Crippen LogP contribution < -0.4 is 10.2 Å². The van der Waals surface area contributed by atoms with E-state index in [9.17, 15) is 0 Å². The minimum atomic E-state index is 0.507. The first-order valence-electron chi connectivity index (χ1n) is 10.2. The van der Waals surface area contributed by atoms with Gasteiger partial charge in [-0.05, 0) is 62.4 Å². The Labute approximate surface area is 182 Å². The second-order valence-electron chi connectivity index (χ2n) is 7.67. The van der Waals surface area contributed by atoms with Crippen molar-refractivity contribution in [2.75, 3.05) is 50.0 Å². The van der Waals surface area contributed by atoms with Crippen molar-refractivity contribution < 1.29 is 0 Å². The van der Waals surface area contributed by atoms with Crippen LogP contribution in [0.15, 0.2) is 40.9 Å². The second-order valence-corrected chi connectivity index (χ2v) is 8.10. The lowest BCUT2D eigenvalue weighted by Crippen LogP contribution is -2.30. The smallest absolute Gasteiger partial charge is 0.233 e. The molecule has 1 fully saturated rings. The summed E-state index contributed by atoms with van der Waals surface area (Å²) >= 11 is 6.10. The van der Waals surface area contributed by atoms with Crippen LogP contribution in [-0.4, -0.2) is 65.5 Å². The van der Waals surface area contributed by atoms with Gasteiger partial charge in [0.15, 0.2) is 5.82 Å². The van der Waals surface area contributed by atoms with Crippen LogP contribution in [0.1, 0.15) is 24.7 Å². The second kappa shape index (κ2) is 9.36. The molecule has 0 bridgehead atoms. The van der Waals surface area contributed by atoms with E-state index < -0.39 is 0 Å². The summed E-state index contributed by atoms with van der Waals surface area (Å²) in [6, 6.07) is 7.69.